The maximum atomic E-state index is 14.4. The summed E-state index contributed by atoms with van der Waals surface area (Å²) in [7, 11) is -1.01. The van der Waals surface area contributed by atoms with Crippen LogP contribution in [0.3, 0.4) is 0 Å². The first-order chi connectivity index (χ1) is 14.9. The zero-order valence-electron chi connectivity index (χ0n) is 16.9. The molecule has 4 aromatic rings. The fraction of sp³-hybridized carbons (Fsp3) is 0.190. The minimum Gasteiger partial charge on any atom is -0.497 e. The molecule has 31 heavy (non-hydrogen) atoms. The van der Waals surface area contributed by atoms with Crippen molar-refractivity contribution in [1.29, 1.82) is 0 Å². The van der Waals surface area contributed by atoms with E-state index in [9.17, 15) is 12.8 Å². The number of fused-ring (bicyclic) bond motifs is 1. The van der Waals surface area contributed by atoms with Gasteiger partial charge in [0, 0.05) is 36.1 Å². The van der Waals surface area contributed by atoms with Crippen molar-refractivity contribution in [2.45, 2.75) is 17.7 Å². The maximum Gasteiger partial charge on any atom is 0.243 e. The Morgan fingerprint density at radius 1 is 1.10 bits per heavy atom. The van der Waals surface area contributed by atoms with Crippen LogP contribution in [0.5, 0.6) is 5.75 Å². The van der Waals surface area contributed by atoms with Gasteiger partial charge in [-0.25, -0.2) is 27.5 Å². The molecule has 0 unspecified atom stereocenters. The first kappa shape index (κ1) is 20.9. The Hall–Kier alpha value is -3.37. The quantitative estimate of drug-likeness (QED) is 0.456. The summed E-state index contributed by atoms with van der Waals surface area (Å²) >= 11 is 0. The molecule has 0 amide bonds. The van der Waals surface area contributed by atoms with E-state index in [0.717, 1.165) is 17.3 Å². The van der Waals surface area contributed by atoms with Gasteiger partial charge in [-0.1, -0.05) is 6.07 Å². The number of rotatable bonds is 7. The molecular formula is C21H20FN5O3S. The number of sulfonamides is 1. The number of nitrogens with zero attached hydrogens (tertiary/aromatic N) is 3. The smallest absolute Gasteiger partial charge is 0.243 e. The number of pyridine rings is 2. The minimum absolute atomic E-state index is 0.400. The predicted octanol–water partition coefficient (Wildman–Crippen LogP) is 2.86. The highest BCUT2D eigenvalue weighted by atomic mass is 32.2. The molecule has 0 bridgehead atoms. The molecule has 10 heteroatoms. The topological polar surface area (TPSA) is 110 Å². The van der Waals surface area contributed by atoms with Crippen molar-refractivity contribution < 1.29 is 17.5 Å². The third kappa shape index (κ3) is 4.39. The van der Waals surface area contributed by atoms with Gasteiger partial charge in [0.05, 0.1) is 12.6 Å². The van der Waals surface area contributed by atoms with Gasteiger partial charge in [-0.2, -0.15) is 0 Å². The van der Waals surface area contributed by atoms with Crippen molar-refractivity contribution in [2.24, 2.45) is 0 Å². The van der Waals surface area contributed by atoms with Crippen LogP contribution in [-0.4, -0.2) is 42.5 Å². The average Bonchev–Trinajstić information content (AvgIpc) is 3.19. The Balaban J connectivity index is 1.57. The fourth-order valence-electron chi connectivity index (χ4n) is 3.20. The molecular weight excluding hydrogens is 421 g/mol. The van der Waals surface area contributed by atoms with E-state index < -0.39 is 20.7 Å². The number of halogens is 1. The molecule has 3 aromatic heterocycles. The molecule has 0 aliphatic carbocycles. The molecule has 0 radical (unpaired) electrons. The van der Waals surface area contributed by atoms with Gasteiger partial charge in [-0.3, -0.25) is 4.98 Å². The number of aromatic nitrogens is 4. The average molecular weight is 441 g/mol. The first-order valence-corrected chi connectivity index (χ1v) is 10.9. The van der Waals surface area contributed by atoms with Crippen LogP contribution >= 0.6 is 0 Å². The molecule has 0 spiro atoms. The van der Waals surface area contributed by atoms with E-state index in [-0.39, 0.29) is 0 Å². The summed E-state index contributed by atoms with van der Waals surface area (Å²) in [6, 6.07) is 9.44. The Morgan fingerprint density at radius 3 is 2.68 bits per heavy atom. The van der Waals surface area contributed by atoms with Crippen molar-refractivity contribution in [3.8, 4) is 16.9 Å². The molecule has 4 rings (SSSR count). The van der Waals surface area contributed by atoms with Gasteiger partial charge in [-0.15, -0.1) is 0 Å². The molecule has 0 aliphatic rings. The highest BCUT2D eigenvalue weighted by molar-refractivity contribution is 7.89. The number of hydrogen-bond acceptors (Lipinski definition) is 6. The van der Waals surface area contributed by atoms with Gasteiger partial charge >= 0.3 is 0 Å². The largest absolute Gasteiger partial charge is 0.497 e. The molecule has 160 valence electrons. The third-order valence-corrected chi connectivity index (χ3v) is 6.30. The number of methoxy groups -OCH3 is 1. The van der Waals surface area contributed by atoms with E-state index in [1.165, 1.54) is 19.2 Å². The maximum absolute atomic E-state index is 14.4. The summed E-state index contributed by atoms with van der Waals surface area (Å²) in [5, 5.41) is 0. The number of nitrogens with one attached hydrogen (secondary N) is 2. The predicted molar refractivity (Wildman–Crippen MR) is 114 cm³/mol. The summed E-state index contributed by atoms with van der Waals surface area (Å²) in [6.45, 7) is 0. The van der Waals surface area contributed by atoms with Crippen molar-refractivity contribution in [3.05, 3.63) is 66.1 Å². The lowest BCUT2D eigenvalue weighted by molar-refractivity contribution is 0.413. The Morgan fingerprint density at radius 2 is 1.94 bits per heavy atom. The molecule has 0 saturated carbocycles. The second-order valence-electron chi connectivity index (χ2n) is 6.82. The van der Waals surface area contributed by atoms with Gasteiger partial charge in [0.1, 0.15) is 22.3 Å². The van der Waals surface area contributed by atoms with Crippen LogP contribution in [0.2, 0.25) is 0 Å². The number of aryl methyl sites for hydroxylation is 2. The van der Waals surface area contributed by atoms with Crippen molar-refractivity contribution >= 4 is 21.2 Å². The highest BCUT2D eigenvalue weighted by Gasteiger charge is 2.18. The van der Waals surface area contributed by atoms with Crippen LogP contribution in [0.4, 0.5) is 4.39 Å². The molecule has 3 heterocycles. The zero-order valence-corrected chi connectivity index (χ0v) is 17.7. The molecule has 1 aromatic carbocycles. The summed E-state index contributed by atoms with van der Waals surface area (Å²) in [5.41, 5.74) is 3.30. The van der Waals surface area contributed by atoms with Crippen molar-refractivity contribution in [3.63, 3.8) is 0 Å². The van der Waals surface area contributed by atoms with Gasteiger partial charge in [0.25, 0.3) is 0 Å². The van der Waals surface area contributed by atoms with E-state index in [2.05, 4.69) is 24.7 Å². The fourth-order valence-corrected chi connectivity index (χ4v) is 3.98. The van der Waals surface area contributed by atoms with Crippen LogP contribution in [-0.2, 0) is 22.9 Å². The molecule has 0 aliphatic heterocycles. The highest BCUT2D eigenvalue weighted by Crippen LogP contribution is 2.25. The van der Waals surface area contributed by atoms with Crippen LogP contribution in [0.25, 0.3) is 22.3 Å². The number of aromatic amines is 1. The van der Waals surface area contributed by atoms with Crippen LogP contribution < -0.4 is 9.46 Å². The lowest BCUT2D eigenvalue weighted by Gasteiger charge is -2.06. The van der Waals surface area contributed by atoms with Crippen molar-refractivity contribution in [2.75, 3.05) is 14.2 Å². The lowest BCUT2D eigenvalue weighted by Crippen LogP contribution is -2.19. The summed E-state index contributed by atoms with van der Waals surface area (Å²) in [4.78, 5) is 16.0. The standard InChI is InChI=1S/C21H20FN5O3S/c1-23-31(28,29)19-5-3-13(9-17(19)22)14-10-18-21(25-12-14)27-20(26-18)6-4-15-11-16(30-2)7-8-24-15/h3,5,7-12,23H,4,6H2,1-2H3,(H,25,26,27). The second-order valence-corrected chi connectivity index (χ2v) is 8.67. The number of imidazole rings is 1. The van der Waals surface area contributed by atoms with E-state index in [1.54, 1.807) is 31.6 Å². The number of H-pyrrole nitrogens is 1. The summed E-state index contributed by atoms with van der Waals surface area (Å²) in [5.74, 6) is 0.677. The molecule has 0 fully saturated rings. The zero-order chi connectivity index (χ0) is 22.0. The van der Waals surface area contributed by atoms with E-state index >= 15 is 0 Å². The van der Waals surface area contributed by atoms with E-state index in [0.29, 0.717) is 35.1 Å². The SMILES string of the molecule is CNS(=O)(=O)c1ccc(-c2cnc3nc(CCc4cc(OC)ccn4)[nH]c3c2)cc1F. The summed E-state index contributed by atoms with van der Waals surface area (Å²) in [6.07, 6.45) is 4.60. The van der Waals surface area contributed by atoms with Gasteiger partial charge in [0.15, 0.2) is 5.65 Å². The lowest BCUT2D eigenvalue weighted by atomic mass is 10.1. The van der Waals surface area contributed by atoms with Gasteiger partial charge in [-0.05, 0) is 43.3 Å². The Kier molecular flexibility index (Phi) is 5.66. The monoisotopic (exact) mass is 441 g/mol. The number of benzene rings is 1. The number of hydrogen-bond donors (Lipinski definition) is 2. The van der Waals surface area contributed by atoms with Crippen LogP contribution in [0.1, 0.15) is 11.5 Å². The normalized spacial score (nSPS) is 11.7. The Bertz CT molecular complexity index is 1350. The minimum atomic E-state index is -3.86. The van der Waals surface area contributed by atoms with E-state index in [1.807, 2.05) is 12.1 Å². The third-order valence-electron chi connectivity index (χ3n) is 4.85. The molecule has 2 N–H and O–H groups in total. The molecule has 0 saturated heterocycles. The summed E-state index contributed by atoms with van der Waals surface area (Å²) < 4.78 is 45.4. The second kappa shape index (κ2) is 8.40. The molecule has 0 atom stereocenters. The van der Waals surface area contributed by atoms with Crippen LogP contribution in [0.15, 0.2) is 53.7 Å². The van der Waals surface area contributed by atoms with E-state index in [4.69, 9.17) is 4.74 Å². The Labute approximate surface area is 178 Å². The molecule has 8 nitrogen and oxygen atoms in total. The van der Waals surface area contributed by atoms with Crippen molar-refractivity contribution in [1.82, 2.24) is 24.7 Å². The van der Waals surface area contributed by atoms with Gasteiger partial charge in [0.2, 0.25) is 10.0 Å². The number of ether oxygens (including phenoxy) is 1. The first-order valence-electron chi connectivity index (χ1n) is 9.46. The van der Waals surface area contributed by atoms with Gasteiger partial charge < -0.3 is 9.72 Å². The van der Waals surface area contributed by atoms with Crippen LogP contribution in [0, 0.1) is 5.82 Å².